The summed E-state index contributed by atoms with van der Waals surface area (Å²) in [7, 11) is 0. The minimum atomic E-state index is -0.226. The Balaban J connectivity index is 1.65. The zero-order chi connectivity index (χ0) is 17.5. The minimum absolute atomic E-state index is 0.0937. The second-order valence-electron chi connectivity index (χ2n) is 6.18. The largest absolute Gasteiger partial charge is 0.348 e. The number of aromatic nitrogens is 2. The Bertz CT molecular complexity index is 725. The maximum absolute atomic E-state index is 12.6. The second kappa shape index (κ2) is 8.37. The maximum Gasteiger partial charge on any atom is 0.272 e. The first-order valence-corrected chi connectivity index (χ1v) is 8.66. The number of rotatable bonds is 4. The topological polar surface area (TPSA) is 75.2 Å². The molecule has 1 saturated heterocycles. The van der Waals surface area contributed by atoms with Crippen LogP contribution in [0.4, 0.5) is 0 Å². The van der Waals surface area contributed by atoms with Crippen molar-refractivity contribution in [3.05, 3.63) is 59.7 Å². The van der Waals surface area contributed by atoms with Gasteiger partial charge in [0, 0.05) is 43.8 Å². The lowest BCUT2D eigenvalue weighted by Gasteiger charge is -2.19. The molecule has 0 saturated carbocycles. The maximum atomic E-state index is 12.6. The molecule has 0 bridgehead atoms. The van der Waals surface area contributed by atoms with Crippen molar-refractivity contribution in [3.63, 3.8) is 0 Å². The third-order valence-corrected chi connectivity index (χ3v) is 4.31. The van der Waals surface area contributed by atoms with Crippen LogP contribution in [0, 0.1) is 0 Å². The quantitative estimate of drug-likeness (QED) is 0.929. The van der Waals surface area contributed by atoms with Crippen LogP contribution in [0.25, 0.3) is 0 Å². The van der Waals surface area contributed by atoms with Gasteiger partial charge in [-0.05, 0) is 36.6 Å². The highest BCUT2D eigenvalue weighted by atomic mass is 16.2. The fourth-order valence-corrected chi connectivity index (χ4v) is 2.91. The van der Waals surface area contributed by atoms with Gasteiger partial charge in [0.2, 0.25) is 0 Å². The molecule has 0 spiro atoms. The fourth-order valence-electron chi connectivity index (χ4n) is 2.91. The summed E-state index contributed by atoms with van der Waals surface area (Å²) in [6.45, 7) is 1.92. The molecule has 2 aromatic heterocycles. The number of nitrogens with zero attached hydrogens (tertiary/aromatic N) is 3. The highest BCUT2D eigenvalue weighted by Gasteiger charge is 2.19. The van der Waals surface area contributed by atoms with E-state index in [1.165, 1.54) is 6.20 Å². The normalized spacial score (nSPS) is 14.6. The van der Waals surface area contributed by atoms with Crippen molar-refractivity contribution < 1.29 is 9.59 Å². The third-order valence-electron chi connectivity index (χ3n) is 4.31. The van der Waals surface area contributed by atoms with E-state index in [9.17, 15) is 9.59 Å². The van der Waals surface area contributed by atoms with Crippen LogP contribution >= 0.6 is 0 Å². The molecule has 6 nitrogen and oxygen atoms in total. The standard InChI is InChI=1S/C19H22N4O2/c24-18(22-14-15-6-5-8-20-13-15)16-7-9-21-17(12-16)19(25)23-10-3-1-2-4-11-23/h5-9,12-13H,1-4,10-11,14H2,(H,22,24). The number of nitrogens with one attached hydrogen (secondary N) is 1. The molecule has 2 amide bonds. The number of carbonyl (C=O) groups is 2. The lowest BCUT2D eigenvalue weighted by Crippen LogP contribution is -2.32. The van der Waals surface area contributed by atoms with Gasteiger partial charge in [-0.1, -0.05) is 18.9 Å². The molecule has 0 radical (unpaired) electrons. The van der Waals surface area contributed by atoms with Crippen LogP contribution in [0.15, 0.2) is 42.9 Å². The van der Waals surface area contributed by atoms with E-state index in [0.29, 0.717) is 17.8 Å². The summed E-state index contributed by atoms with van der Waals surface area (Å²) in [5.41, 5.74) is 1.69. The average Bonchev–Trinajstić information content (AvgIpc) is 2.96. The molecule has 25 heavy (non-hydrogen) atoms. The smallest absolute Gasteiger partial charge is 0.272 e. The summed E-state index contributed by atoms with van der Waals surface area (Å²) >= 11 is 0. The van der Waals surface area contributed by atoms with E-state index in [1.807, 2.05) is 17.0 Å². The molecular formula is C19H22N4O2. The van der Waals surface area contributed by atoms with Crippen molar-refractivity contribution in [2.75, 3.05) is 13.1 Å². The number of carbonyl (C=O) groups excluding carboxylic acids is 2. The van der Waals surface area contributed by atoms with Crippen molar-refractivity contribution in [3.8, 4) is 0 Å². The minimum Gasteiger partial charge on any atom is -0.348 e. The fraction of sp³-hybridized carbons (Fsp3) is 0.368. The van der Waals surface area contributed by atoms with Gasteiger partial charge in [0.25, 0.3) is 11.8 Å². The highest BCUT2D eigenvalue weighted by Crippen LogP contribution is 2.13. The van der Waals surface area contributed by atoms with E-state index < -0.39 is 0 Å². The van der Waals surface area contributed by atoms with E-state index in [1.54, 1.807) is 24.5 Å². The van der Waals surface area contributed by atoms with E-state index in [0.717, 1.165) is 44.3 Å². The first-order valence-electron chi connectivity index (χ1n) is 8.66. The number of pyridine rings is 2. The van der Waals surface area contributed by atoms with Crippen LogP contribution in [0.2, 0.25) is 0 Å². The van der Waals surface area contributed by atoms with Gasteiger partial charge in [-0.25, -0.2) is 0 Å². The molecule has 1 fully saturated rings. The SMILES string of the molecule is O=C(NCc1cccnc1)c1ccnc(C(=O)N2CCCCCC2)c1. The summed E-state index contributed by atoms with van der Waals surface area (Å²) in [4.78, 5) is 35.0. The van der Waals surface area contributed by atoms with Gasteiger partial charge in [0.1, 0.15) is 5.69 Å². The van der Waals surface area contributed by atoms with Crippen LogP contribution in [0.1, 0.15) is 52.1 Å². The van der Waals surface area contributed by atoms with Crippen LogP contribution in [-0.2, 0) is 6.54 Å². The molecule has 2 aromatic rings. The zero-order valence-electron chi connectivity index (χ0n) is 14.1. The summed E-state index contributed by atoms with van der Waals surface area (Å²) < 4.78 is 0. The zero-order valence-corrected chi connectivity index (χ0v) is 14.1. The van der Waals surface area contributed by atoms with E-state index in [2.05, 4.69) is 15.3 Å². The Morgan fingerprint density at radius 3 is 2.60 bits per heavy atom. The molecule has 130 valence electrons. The second-order valence-corrected chi connectivity index (χ2v) is 6.18. The molecule has 1 aliphatic rings. The number of amides is 2. The third kappa shape index (κ3) is 4.62. The molecule has 0 unspecified atom stereocenters. The Kier molecular flexibility index (Phi) is 5.72. The number of hydrogen-bond donors (Lipinski definition) is 1. The monoisotopic (exact) mass is 338 g/mol. The Morgan fingerprint density at radius 1 is 1.08 bits per heavy atom. The number of hydrogen-bond acceptors (Lipinski definition) is 4. The van der Waals surface area contributed by atoms with Gasteiger partial charge in [0.05, 0.1) is 0 Å². The van der Waals surface area contributed by atoms with Crippen LogP contribution in [0.3, 0.4) is 0 Å². The average molecular weight is 338 g/mol. The van der Waals surface area contributed by atoms with E-state index in [4.69, 9.17) is 0 Å². The Labute approximate surface area is 147 Å². The number of likely N-dealkylation sites (tertiary alicyclic amines) is 1. The summed E-state index contributed by atoms with van der Waals surface area (Å²) in [6, 6.07) is 6.92. The summed E-state index contributed by atoms with van der Waals surface area (Å²) in [5, 5.41) is 2.84. The van der Waals surface area contributed by atoms with Gasteiger partial charge < -0.3 is 10.2 Å². The molecule has 0 aromatic carbocycles. The van der Waals surface area contributed by atoms with Gasteiger partial charge in [-0.15, -0.1) is 0 Å². The molecule has 1 aliphatic heterocycles. The van der Waals surface area contributed by atoms with E-state index in [-0.39, 0.29) is 11.8 Å². The molecule has 3 rings (SSSR count). The first kappa shape index (κ1) is 17.1. The summed E-state index contributed by atoms with van der Waals surface area (Å²) in [6.07, 6.45) is 9.29. The molecule has 1 N–H and O–H groups in total. The van der Waals surface area contributed by atoms with Crippen molar-refractivity contribution in [1.29, 1.82) is 0 Å². The van der Waals surface area contributed by atoms with Gasteiger partial charge in [-0.3, -0.25) is 19.6 Å². The van der Waals surface area contributed by atoms with E-state index >= 15 is 0 Å². The predicted octanol–water partition coefficient (Wildman–Crippen LogP) is 2.42. The van der Waals surface area contributed by atoms with Crippen LogP contribution in [-0.4, -0.2) is 39.8 Å². The van der Waals surface area contributed by atoms with Gasteiger partial charge in [-0.2, -0.15) is 0 Å². The van der Waals surface area contributed by atoms with Gasteiger partial charge >= 0.3 is 0 Å². The molecule has 6 heteroatoms. The predicted molar refractivity (Wildman–Crippen MR) is 94.0 cm³/mol. The first-order chi connectivity index (χ1) is 12.2. The molecule has 3 heterocycles. The van der Waals surface area contributed by atoms with Crippen molar-refractivity contribution >= 4 is 11.8 Å². The van der Waals surface area contributed by atoms with Crippen molar-refractivity contribution in [2.24, 2.45) is 0 Å². The molecular weight excluding hydrogens is 316 g/mol. The Morgan fingerprint density at radius 2 is 1.88 bits per heavy atom. The lowest BCUT2D eigenvalue weighted by atomic mass is 10.2. The Hall–Kier alpha value is -2.76. The molecule has 0 aliphatic carbocycles. The van der Waals surface area contributed by atoms with Crippen LogP contribution in [0.5, 0.6) is 0 Å². The van der Waals surface area contributed by atoms with Crippen LogP contribution < -0.4 is 5.32 Å². The summed E-state index contributed by atoms with van der Waals surface area (Å²) in [5.74, 6) is -0.319. The lowest BCUT2D eigenvalue weighted by molar-refractivity contribution is 0.0755. The highest BCUT2D eigenvalue weighted by molar-refractivity contribution is 5.98. The molecule has 0 atom stereocenters. The van der Waals surface area contributed by atoms with Crippen molar-refractivity contribution in [2.45, 2.75) is 32.2 Å². The van der Waals surface area contributed by atoms with Gasteiger partial charge in [0.15, 0.2) is 0 Å². The van der Waals surface area contributed by atoms with Crippen molar-refractivity contribution in [1.82, 2.24) is 20.2 Å².